The Morgan fingerprint density at radius 2 is 2.00 bits per heavy atom. The van der Waals surface area contributed by atoms with Gasteiger partial charge in [0.2, 0.25) is 0 Å². The van der Waals surface area contributed by atoms with Crippen LogP contribution in [-0.4, -0.2) is 39.1 Å². The second kappa shape index (κ2) is 7.72. The van der Waals surface area contributed by atoms with E-state index in [0.717, 1.165) is 22.7 Å². The molecule has 0 radical (unpaired) electrons. The normalized spacial score (nSPS) is 20.5. The van der Waals surface area contributed by atoms with Crippen molar-refractivity contribution in [3.63, 3.8) is 0 Å². The molecular formula is C23H23N3O3. The third-order valence-corrected chi connectivity index (χ3v) is 5.53. The fourth-order valence-electron chi connectivity index (χ4n) is 4.04. The maximum Gasteiger partial charge on any atom is 0.264 e. The van der Waals surface area contributed by atoms with Gasteiger partial charge in [0.25, 0.3) is 5.91 Å². The molecule has 148 valence electrons. The maximum atomic E-state index is 13.3. The predicted octanol–water partition coefficient (Wildman–Crippen LogP) is 2.81. The highest BCUT2D eigenvalue weighted by molar-refractivity contribution is 5.82. The minimum Gasteiger partial charge on any atom is -0.480 e. The molecule has 0 fully saturated rings. The van der Waals surface area contributed by atoms with Crippen molar-refractivity contribution in [2.24, 2.45) is 0 Å². The number of fused-ring (bicyclic) bond motifs is 2. The number of ether oxygens (including phenoxy) is 2. The van der Waals surface area contributed by atoms with Crippen LogP contribution in [0.25, 0.3) is 0 Å². The minimum absolute atomic E-state index is 0.0160. The molecule has 1 amide bonds. The van der Waals surface area contributed by atoms with Crippen LogP contribution in [0, 0.1) is 0 Å². The Morgan fingerprint density at radius 3 is 2.86 bits per heavy atom. The highest BCUT2D eigenvalue weighted by atomic mass is 16.5. The number of para-hydroxylation sites is 1. The Kier molecular flexibility index (Phi) is 4.77. The number of pyridine rings is 1. The lowest BCUT2D eigenvalue weighted by molar-refractivity contribution is -0.140. The molecule has 2 atom stereocenters. The van der Waals surface area contributed by atoms with Gasteiger partial charge in [0, 0.05) is 31.1 Å². The first-order valence-electron chi connectivity index (χ1n) is 9.95. The molecule has 3 aromatic rings. The Bertz CT molecular complexity index is 976. The van der Waals surface area contributed by atoms with Crippen molar-refractivity contribution in [3.8, 4) is 5.75 Å². The molecule has 6 nitrogen and oxygen atoms in total. The highest BCUT2D eigenvalue weighted by Gasteiger charge is 2.35. The molecule has 0 saturated heterocycles. The van der Waals surface area contributed by atoms with E-state index in [1.807, 2.05) is 59.6 Å². The van der Waals surface area contributed by atoms with Crippen LogP contribution in [0.2, 0.25) is 0 Å². The number of carbonyl (C=O) groups is 1. The smallest absolute Gasteiger partial charge is 0.264 e. The fourth-order valence-corrected chi connectivity index (χ4v) is 4.04. The highest BCUT2D eigenvalue weighted by Crippen LogP contribution is 2.29. The fraction of sp³-hybridized carbons (Fsp3) is 0.304. The van der Waals surface area contributed by atoms with Crippen molar-refractivity contribution in [1.82, 2.24) is 14.5 Å². The van der Waals surface area contributed by atoms with Crippen LogP contribution in [0.15, 0.2) is 67.0 Å². The van der Waals surface area contributed by atoms with E-state index in [1.54, 1.807) is 6.20 Å². The van der Waals surface area contributed by atoms with Crippen molar-refractivity contribution >= 4 is 5.91 Å². The molecule has 0 N–H and O–H groups in total. The van der Waals surface area contributed by atoms with E-state index in [4.69, 9.17) is 9.47 Å². The van der Waals surface area contributed by atoms with Crippen LogP contribution in [0.4, 0.5) is 0 Å². The molecule has 4 heterocycles. The molecular weight excluding hydrogens is 366 g/mol. The summed E-state index contributed by atoms with van der Waals surface area (Å²) < 4.78 is 14.3. The van der Waals surface area contributed by atoms with Gasteiger partial charge >= 0.3 is 0 Å². The molecule has 0 aliphatic carbocycles. The molecule has 29 heavy (non-hydrogen) atoms. The maximum absolute atomic E-state index is 13.3. The summed E-state index contributed by atoms with van der Waals surface area (Å²) in [7, 11) is 0. The van der Waals surface area contributed by atoms with Crippen molar-refractivity contribution in [1.29, 1.82) is 0 Å². The number of aromatic nitrogens is 2. The Morgan fingerprint density at radius 1 is 1.10 bits per heavy atom. The first-order valence-corrected chi connectivity index (χ1v) is 9.95. The number of amides is 1. The summed E-state index contributed by atoms with van der Waals surface area (Å²) in [6.07, 6.45) is 3.85. The molecule has 2 aliphatic heterocycles. The SMILES string of the molecule is O=C([C@@H]1Cc2ccccc2O1)N1Cc2cccn2C[C@H](OCc2ccccn2)C1. The summed E-state index contributed by atoms with van der Waals surface area (Å²) in [6, 6.07) is 17.7. The van der Waals surface area contributed by atoms with Gasteiger partial charge in [-0.25, -0.2) is 0 Å². The van der Waals surface area contributed by atoms with Crippen molar-refractivity contribution in [2.75, 3.05) is 6.54 Å². The number of benzene rings is 1. The van der Waals surface area contributed by atoms with Gasteiger partial charge in [-0.2, -0.15) is 0 Å². The average Bonchev–Trinajstić information content (AvgIpc) is 3.34. The van der Waals surface area contributed by atoms with Gasteiger partial charge in [-0.3, -0.25) is 9.78 Å². The average molecular weight is 389 g/mol. The standard InChI is InChI=1S/C23H23N3O3/c27-23(22-12-17-6-1-2-9-21(17)29-22)26-13-19-8-5-11-25(19)14-20(15-26)28-16-18-7-3-4-10-24-18/h1-11,20,22H,12-16H2/t20-,22-/m0/s1. The lowest BCUT2D eigenvalue weighted by Gasteiger charge is -2.26. The van der Waals surface area contributed by atoms with Crippen LogP contribution >= 0.6 is 0 Å². The summed E-state index contributed by atoms with van der Waals surface area (Å²) in [5, 5.41) is 0. The summed E-state index contributed by atoms with van der Waals surface area (Å²) in [4.78, 5) is 19.5. The van der Waals surface area contributed by atoms with Gasteiger partial charge in [-0.05, 0) is 35.9 Å². The lowest BCUT2D eigenvalue weighted by atomic mass is 10.1. The van der Waals surface area contributed by atoms with Gasteiger partial charge in [-0.1, -0.05) is 24.3 Å². The predicted molar refractivity (Wildman–Crippen MR) is 107 cm³/mol. The summed E-state index contributed by atoms with van der Waals surface area (Å²) >= 11 is 0. The Balaban J connectivity index is 1.32. The van der Waals surface area contributed by atoms with E-state index in [0.29, 0.717) is 32.7 Å². The van der Waals surface area contributed by atoms with Gasteiger partial charge in [0.05, 0.1) is 31.5 Å². The van der Waals surface area contributed by atoms with Crippen molar-refractivity contribution in [3.05, 3.63) is 83.9 Å². The quantitative estimate of drug-likeness (QED) is 0.689. The van der Waals surface area contributed by atoms with Gasteiger partial charge in [0.1, 0.15) is 5.75 Å². The first kappa shape index (κ1) is 17.9. The van der Waals surface area contributed by atoms with E-state index in [1.165, 1.54) is 0 Å². The molecule has 0 spiro atoms. The third kappa shape index (κ3) is 3.76. The molecule has 0 saturated carbocycles. The number of carbonyl (C=O) groups excluding carboxylic acids is 1. The molecule has 0 bridgehead atoms. The van der Waals surface area contributed by atoms with Crippen molar-refractivity contribution < 1.29 is 14.3 Å². The zero-order valence-corrected chi connectivity index (χ0v) is 16.1. The third-order valence-electron chi connectivity index (χ3n) is 5.53. The molecule has 6 heteroatoms. The van der Waals surface area contributed by atoms with Crippen LogP contribution < -0.4 is 4.74 Å². The van der Waals surface area contributed by atoms with Gasteiger partial charge in [0.15, 0.2) is 6.10 Å². The molecule has 2 aromatic heterocycles. The minimum atomic E-state index is -0.467. The Labute approximate surface area is 169 Å². The number of rotatable bonds is 4. The first-order chi connectivity index (χ1) is 14.3. The van der Waals surface area contributed by atoms with E-state index in [-0.39, 0.29) is 12.0 Å². The molecule has 0 unspecified atom stereocenters. The number of nitrogens with zero attached hydrogens (tertiary/aromatic N) is 3. The van der Waals surface area contributed by atoms with E-state index >= 15 is 0 Å². The summed E-state index contributed by atoms with van der Waals surface area (Å²) in [5.41, 5.74) is 3.08. The number of hydrogen-bond acceptors (Lipinski definition) is 4. The zero-order chi connectivity index (χ0) is 19.6. The van der Waals surface area contributed by atoms with Crippen molar-refractivity contribution in [2.45, 2.75) is 38.3 Å². The van der Waals surface area contributed by atoms with E-state index in [9.17, 15) is 4.79 Å². The second-order valence-corrected chi connectivity index (χ2v) is 7.54. The monoisotopic (exact) mass is 389 g/mol. The molecule has 1 aromatic carbocycles. The largest absolute Gasteiger partial charge is 0.480 e. The number of hydrogen-bond donors (Lipinski definition) is 0. The Hall–Kier alpha value is -3.12. The molecule has 5 rings (SSSR count). The topological polar surface area (TPSA) is 56.6 Å². The van der Waals surface area contributed by atoms with E-state index in [2.05, 4.69) is 15.6 Å². The van der Waals surface area contributed by atoms with Crippen LogP contribution in [0.5, 0.6) is 5.75 Å². The van der Waals surface area contributed by atoms with Gasteiger partial charge < -0.3 is 18.9 Å². The van der Waals surface area contributed by atoms with E-state index < -0.39 is 6.10 Å². The summed E-state index contributed by atoms with van der Waals surface area (Å²) in [6.45, 7) is 2.23. The summed E-state index contributed by atoms with van der Waals surface area (Å²) in [5.74, 6) is 0.828. The molecule has 2 aliphatic rings. The van der Waals surface area contributed by atoms with Crippen LogP contribution in [0.3, 0.4) is 0 Å². The van der Waals surface area contributed by atoms with Gasteiger partial charge in [-0.15, -0.1) is 0 Å². The van der Waals surface area contributed by atoms with Crippen LogP contribution in [0.1, 0.15) is 17.0 Å². The lowest BCUT2D eigenvalue weighted by Crippen LogP contribution is -2.44. The second-order valence-electron chi connectivity index (χ2n) is 7.54. The zero-order valence-electron chi connectivity index (χ0n) is 16.1. The van der Waals surface area contributed by atoms with Crippen LogP contribution in [-0.2, 0) is 35.6 Å².